The van der Waals surface area contributed by atoms with Crippen LogP contribution in [0.2, 0.25) is 0 Å². The fourth-order valence-corrected chi connectivity index (χ4v) is 8.25. The van der Waals surface area contributed by atoms with Gasteiger partial charge in [-0.1, -0.05) is 50.5 Å². The molecule has 2 saturated heterocycles. The molecule has 6 rings (SSSR count). The highest BCUT2D eigenvalue weighted by Crippen LogP contribution is 2.59. The van der Waals surface area contributed by atoms with Gasteiger partial charge in [0.1, 0.15) is 17.4 Å². The van der Waals surface area contributed by atoms with Crippen molar-refractivity contribution in [1.29, 1.82) is 0 Å². The molecule has 43 heavy (non-hydrogen) atoms. The highest BCUT2D eigenvalue weighted by molar-refractivity contribution is 6.04. The molecule has 1 saturated carbocycles. The van der Waals surface area contributed by atoms with Crippen molar-refractivity contribution in [3.63, 3.8) is 0 Å². The number of ether oxygens (including phenoxy) is 2. The van der Waals surface area contributed by atoms with Crippen LogP contribution in [-0.2, 0) is 19.1 Å². The monoisotopic (exact) mass is 591 g/mol. The molecule has 5 aliphatic rings. The van der Waals surface area contributed by atoms with Crippen molar-refractivity contribution in [2.45, 2.75) is 88.5 Å². The third kappa shape index (κ3) is 4.89. The number of aliphatic hydroxyl groups excluding tert-OH is 1. The molecule has 232 valence electrons. The first kappa shape index (κ1) is 29.9. The van der Waals surface area contributed by atoms with Crippen LogP contribution in [0.15, 0.2) is 48.6 Å². The number of likely N-dealkylation sites (tertiary alicyclic amines) is 1. The number of nitrogens with zero attached hydrogens (tertiary/aromatic N) is 3. The lowest BCUT2D eigenvalue weighted by Gasteiger charge is -2.40. The Morgan fingerprint density at radius 1 is 0.907 bits per heavy atom. The molecule has 0 bridgehead atoms. The normalized spacial score (nSPS) is 32.5. The maximum atomic E-state index is 14.7. The number of amides is 3. The van der Waals surface area contributed by atoms with Gasteiger partial charge in [-0.25, -0.2) is 0 Å². The zero-order valence-corrected chi connectivity index (χ0v) is 25.5. The lowest BCUT2D eigenvalue weighted by molar-refractivity contribution is -0.154. The summed E-state index contributed by atoms with van der Waals surface area (Å²) in [5, 5.41) is 9.50. The fourth-order valence-electron chi connectivity index (χ4n) is 8.25. The minimum atomic E-state index is -1.25. The average molecular weight is 592 g/mol. The van der Waals surface area contributed by atoms with Crippen molar-refractivity contribution in [2.24, 2.45) is 11.8 Å². The molecular formula is C34H45N3O6. The van der Waals surface area contributed by atoms with Crippen molar-refractivity contribution in [1.82, 2.24) is 9.80 Å². The molecule has 1 N–H and O–H groups in total. The lowest BCUT2D eigenvalue weighted by Crippen LogP contribution is -2.57. The highest BCUT2D eigenvalue weighted by atomic mass is 16.5. The summed E-state index contributed by atoms with van der Waals surface area (Å²) in [6.45, 7) is 5.65. The van der Waals surface area contributed by atoms with Crippen molar-refractivity contribution < 1.29 is 29.0 Å². The summed E-state index contributed by atoms with van der Waals surface area (Å²) in [6.07, 6.45) is 14.7. The fraction of sp³-hybridized carbons (Fsp3) is 0.618. The maximum Gasteiger partial charge on any atom is 0.249 e. The summed E-state index contributed by atoms with van der Waals surface area (Å²) < 4.78 is 12.7. The molecule has 5 atom stereocenters. The molecule has 3 fully saturated rings. The van der Waals surface area contributed by atoms with Crippen LogP contribution in [0.1, 0.15) is 65.2 Å². The molecule has 0 radical (unpaired) electrons. The Bertz CT molecular complexity index is 1270. The number of unbranched alkanes of at least 4 members (excludes halogenated alkanes) is 1. The SMILES string of the molecule is CCOc1ccc(N2CC=C[C@@]3(CC)O[C@]45C=CCN(C6CCCCC6)C(=O)C4N(CCCCO)C(=O)[C@@H]5[C@H]3C2=O)cc1. The largest absolute Gasteiger partial charge is 0.494 e. The van der Waals surface area contributed by atoms with Gasteiger partial charge in [-0.15, -0.1) is 0 Å². The molecule has 1 aliphatic carbocycles. The van der Waals surface area contributed by atoms with Gasteiger partial charge >= 0.3 is 0 Å². The number of hydrogen-bond donors (Lipinski definition) is 1. The number of anilines is 1. The Morgan fingerprint density at radius 2 is 1.65 bits per heavy atom. The van der Waals surface area contributed by atoms with Gasteiger partial charge in [-0.2, -0.15) is 0 Å². The number of fused-ring (bicyclic) bond motifs is 2. The van der Waals surface area contributed by atoms with Crippen LogP contribution >= 0.6 is 0 Å². The van der Waals surface area contributed by atoms with E-state index in [2.05, 4.69) is 0 Å². The Hall–Kier alpha value is -3.17. The van der Waals surface area contributed by atoms with Gasteiger partial charge in [-0.3, -0.25) is 14.4 Å². The first-order valence-corrected chi connectivity index (χ1v) is 16.2. The standard InChI is InChI=1S/C34H45N3O6/c1-3-33-18-10-21-35(25-14-16-26(17-15-25)42-4-2)30(39)27(33)28-31(40)37(20-8-9-23-38)29-32(41)36(24-12-6-5-7-13-24)22-11-19-34(28,29)43-33/h10-11,14-19,24,27-29,38H,3-9,12-13,20-23H2,1-2H3/t27-,28-,29?,33+,34-/m0/s1. The number of benzene rings is 1. The predicted octanol–water partition coefficient (Wildman–Crippen LogP) is 3.85. The molecule has 3 amide bonds. The molecule has 0 aromatic heterocycles. The molecule has 1 spiro atoms. The minimum Gasteiger partial charge on any atom is -0.494 e. The van der Waals surface area contributed by atoms with Gasteiger partial charge in [-0.05, 0) is 63.3 Å². The molecule has 4 aliphatic heterocycles. The smallest absolute Gasteiger partial charge is 0.249 e. The van der Waals surface area contributed by atoms with Crippen LogP contribution in [0, 0.1) is 11.8 Å². The summed E-state index contributed by atoms with van der Waals surface area (Å²) in [5.74, 6) is -1.36. The molecule has 1 aromatic carbocycles. The lowest BCUT2D eigenvalue weighted by atomic mass is 9.73. The zero-order chi connectivity index (χ0) is 30.2. The molecule has 1 unspecified atom stereocenters. The summed E-state index contributed by atoms with van der Waals surface area (Å²) >= 11 is 0. The number of rotatable bonds is 9. The molecule has 1 aromatic rings. The highest BCUT2D eigenvalue weighted by Gasteiger charge is 2.75. The number of carbonyl (C=O) groups excluding carboxylic acids is 3. The quantitative estimate of drug-likeness (QED) is 0.346. The maximum absolute atomic E-state index is 14.7. The van der Waals surface area contributed by atoms with Gasteiger partial charge < -0.3 is 29.3 Å². The van der Waals surface area contributed by atoms with Crippen molar-refractivity contribution >= 4 is 23.4 Å². The topological polar surface area (TPSA) is 99.6 Å². The summed E-state index contributed by atoms with van der Waals surface area (Å²) in [6, 6.07) is 6.75. The Morgan fingerprint density at radius 3 is 2.35 bits per heavy atom. The van der Waals surface area contributed by atoms with Gasteiger partial charge in [0.25, 0.3) is 0 Å². The van der Waals surface area contributed by atoms with Crippen molar-refractivity contribution in [3.8, 4) is 5.75 Å². The summed E-state index contributed by atoms with van der Waals surface area (Å²) in [4.78, 5) is 49.2. The summed E-state index contributed by atoms with van der Waals surface area (Å²) in [7, 11) is 0. The van der Waals surface area contributed by atoms with E-state index in [0.29, 0.717) is 45.5 Å². The van der Waals surface area contributed by atoms with Gasteiger partial charge in [0.2, 0.25) is 17.7 Å². The average Bonchev–Trinajstić information content (AvgIpc) is 3.30. The zero-order valence-electron chi connectivity index (χ0n) is 25.5. The van der Waals surface area contributed by atoms with Crippen LogP contribution < -0.4 is 9.64 Å². The molecule has 9 nitrogen and oxygen atoms in total. The van der Waals surface area contributed by atoms with Crippen molar-refractivity contribution in [2.75, 3.05) is 37.7 Å². The number of carbonyl (C=O) groups is 3. The molecule has 4 heterocycles. The third-order valence-corrected chi connectivity index (χ3v) is 10.3. The second-order valence-corrected chi connectivity index (χ2v) is 12.5. The van der Waals surface area contributed by atoms with Crippen LogP contribution in [0.4, 0.5) is 5.69 Å². The van der Waals surface area contributed by atoms with E-state index in [9.17, 15) is 19.5 Å². The minimum absolute atomic E-state index is 0.0156. The van der Waals surface area contributed by atoms with E-state index in [1.54, 1.807) is 9.80 Å². The van der Waals surface area contributed by atoms with E-state index in [1.807, 2.05) is 67.3 Å². The second kappa shape index (κ2) is 12.1. The van der Waals surface area contributed by atoms with Crippen LogP contribution in [0.5, 0.6) is 5.75 Å². The van der Waals surface area contributed by atoms with Crippen molar-refractivity contribution in [3.05, 3.63) is 48.6 Å². The Kier molecular flexibility index (Phi) is 8.39. The van der Waals surface area contributed by atoms with E-state index >= 15 is 0 Å². The van der Waals surface area contributed by atoms with E-state index in [4.69, 9.17) is 9.47 Å². The van der Waals surface area contributed by atoms with E-state index in [0.717, 1.165) is 37.1 Å². The van der Waals surface area contributed by atoms with Gasteiger partial charge in [0, 0.05) is 38.0 Å². The van der Waals surface area contributed by atoms with Crippen LogP contribution in [0.3, 0.4) is 0 Å². The first-order valence-electron chi connectivity index (χ1n) is 16.2. The van der Waals surface area contributed by atoms with Crippen LogP contribution in [-0.4, -0.2) is 88.8 Å². The van der Waals surface area contributed by atoms with E-state index in [-0.39, 0.29) is 30.4 Å². The third-order valence-electron chi connectivity index (χ3n) is 10.3. The van der Waals surface area contributed by atoms with E-state index in [1.165, 1.54) is 6.42 Å². The Labute approximate surface area is 254 Å². The second-order valence-electron chi connectivity index (χ2n) is 12.5. The Balaban J connectivity index is 1.41. The summed E-state index contributed by atoms with van der Waals surface area (Å²) in [5.41, 5.74) is -1.54. The molecular weight excluding hydrogens is 546 g/mol. The van der Waals surface area contributed by atoms with E-state index < -0.39 is 29.1 Å². The molecule has 9 heteroatoms. The van der Waals surface area contributed by atoms with Gasteiger partial charge in [0.15, 0.2) is 0 Å². The predicted molar refractivity (Wildman–Crippen MR) is 162 cm³/mol. The number of aliphatic hydroxyl groups is 1. The van der Waals surface area contributed by atoms with Crippen LogP contribution in [0.25, 0.3) is 0 Å². The first-order chi connectivity index (χ1) is 20.9. The number of hydrogen-bond acceptors (Lipinski definition) is 6. The van der Waals surface area contributed by atoms with Gasteiger partial charge in [0.05, 0.1) is 24.0 Å².